The van der Waals surface area contributed by atoms with Gasteiger partial charge in [-0.15, -0.1) is 10.2 Å². The average molecular weight is 288 g/mol. The first-order valence-electron chi connectivity index (χ1n) is 4.34. The largest absolute Gasteiger partial charge is 0.478 e. The number of nitrogens with two attached hydrogens (primary N) is 1. The summed E-state index contributed by atoms with van der Waals surface area (Å²) in [6.07, 6.45) is 0. The summed E-state index contributed by atoms with van der Waals surface area (Å²) in [4.78, 5) is 11.5. The summed E-state index contributed by atoms with van der Waals surface area (Å²) in [6.45, 7) is 0. The number of aromatic nitrogens is 2. The van der Waals surface area contributed by atoms with Crippen LogP contribution >= 0.6 is 34.7 Å². The number of carboxylic acid groups (broad SMARTS) is 1. The predicted molar refractivity (Wildman–Crippen MR) is 66.9 cm³/mol. The standard InChI is InChI=1S/C9H6ClN3O2S2/c10-6-2-4(11)1-5(8(14)15)7(6)17-9-13-12-3-16-9/h1-3H,11H2,(H,14,15). The number of rotatable bonds is 3. The lowest BCUT2D eigenvalue weighted by Crippen LogP contribution is -2.01. The molecule has 0 saturated heterocycles. The van der Waals surface area contributed by atoms with Gasteiger partial charge in [0.2, 0.25) is 0 Å². The highest BCUT2D eigenvalue weighted by molar-refractivity contribution is 8.01. The van der Waals surface area contributed by atoms with E-state index in [-0.39, 0.29) is 5.56 Å². The van der Waals surface area contributed by atoms with Crippen LogP contribution in [-0.2, 0) is 0 Å². The van der Waals surface area contributed by atoms with Crippen LogP contribution in [0.15, 0.2) is 26.9 Å². The first kappa shape index (κ1) is 12.2. The maximum atomic E-state index is 11.1. The molecule has 5 nitrogen and oxygen atoms in total. The molecule has 0 aliphatic heterocycles. The maximum Gasteiger partial charge on any atom is 0.336 e. The van der Waals surface area contributed by atoms with Crippen molar-refractivity contribution in [2.45, 2.75) is 9.24 Å². The molecule has 0 aliphatic rings. The zero-order valence-electron chi connectivity index (χ0n) is 8.25. The number of nitrogens with zero attached hydrogens (tertiary/aromatic N) is 2. The van der Waals surface area contributed by atoms with Crippen LogP contribution in [-0.4, -0.2) is 21.3 Å². The molecule has 2 aromatic rings. The van der Waals surface area contributed by atoms with Crippen molar-refractivity contribution in [2.75, 3.05) is 5.73 Å². The van der Waals surface area contributed by atoms with E-state index in [1.165, 1.54) is 23.5 Å². The van der Waals surface area contributed by atoms with Gasteiger partial charge in [-0.25, -0.2) is 4.79 Å². The summed E-state index contributed by atoms with van der Waals surface area (Å²) in [7, 11) is 0. The summed E-state index contributed by atoms with van der Waals surface area (Å²) >= 11 is 8.46. The van der Waals surface area contributed by atoms with Crippen molar-refractivity contribution < 1.29 is 9.90 Å². The molecule has 88 valence electrons. The molecule has 1 aromatic heterocycles. The number of aromatic carboxylic acids is 1. The summed E-state index contributed by atoms with van der Waals surface area (Å²) < 4.78 is 0.624. The fourth-order valence-corrected chi connectivity index (χ4v) is 3.04. The maximum absolute atomic E-state index is 11.1. The van der Waals surface area contributed by atoms with E-state index in [0.717, 1.165) is 11.8 Å². The van der Waals surface area contributed by atoms with Crippen molar-refractivity contribution >= 4 is 46.4 Å². The molecule has 0 amide bonds. The van der Waals surface area contributed by atoms with Crippen molar-refractivity contribution in [1.82, 2.24) is 10.2 Å². The Kier molecular flexibility index (Phi) is 3.51. The first-order chi connectivity index (χ1) is 8.08. The van der Waals surface area contributed by atoms with Gasteiger partial charge in [0.1, 0.15) is 5.51 Å². The lowest BCUT2D eigenvalue weighted by Gasteiger charge is -2.07. The minimum atomic E-state index is -1.08. The van der Waals surface area contributed by atoms with Gasteiger partial charge in [-0.2, -0.15) is 0 Å². The Labute approximate surface area is 110 Å². The zero-order valence-corrected chi connectivity index (χ0v) is 10.6. The van der Waals surface area contributed by atoms with Crippen LogP contribution in [0.25, 0.3) is 0 Å². The van der Waals surface area contributed by atoms with Crippen LogP contribution < -0.4 is 5.73 Å². The van der Waals surface area contributed by atoms with E-state index < -0.39 is 5.97 Å². The molecule has 0 radical (unpaired) electrons. The topological polar surface area (TPSA) is 89.1 Å². The number of anilines is 1. The van der Waals surface area contributed by atoms with Gasteiger partial charge in [-0.05, 0) is 12.1 Å². The molecule has 0 atom stereocenters. The molecule has 0 saturated carbocycles. The third-order valence-electron chi connectivity index (χ3n) is 1.83. The Morgan fingerprint density at radius 3 is 2.88 bits per heavy atom. The molecule has 1 heterocycles. The highest BCUT2D eigenvalue weighted by Gasteiger charge is 2.17. The SMILES string of the molecule is Nc1cc(Cl)c(Sc2nncs2)c(C(=O)O)c1. The number of benzene rings is 1. The summed E-state index contributed by atoms with van der Waals surface area (Å²) in [6, 6.07) is 2.88. The lowest BCUT2D eigenvalue weighted by atomic mass is 10.2. The molecule has 8 heteroatoms. The second-order valence-electron chi connectivity index (χ2n) is 2.99. The molecule has 2 rings (SSSR count). The fraction of sp³-hybridized carbons (Fsp3) is 0. The number of nitrogen functional groups attached to an aromatic ring is 1. The van der Waals surface area contributed by atoms with Crippen LogP contribution in [0.1, 0.15) is 10.4 Å². The van der Waals surface area contributed by atoms with Gasteiger partial charge < -0.3 is 10.8 Å². The van der Waals surface area contributed by atoms with E-state index in [4.69, 9.17) is 22.4 Å². The molecular weight excluding hydrogens is 282 g/mol. The Hall–Kier alpha value is -1.31. The fourth-order valence-electron chi connectivity index (χ4n) is 1.17. The average Bonchev–Trinajstić information content (AvgIpc) is 2.74. The monoisotopic (exact) mass is 287 g/mol. The molecule has 1 aromatic carbocycles. The molecule has 0 fully saturated rings. The summed E-state index contributed by atoms with van der Waals surface area (Å²) in [5.41, 5.74) is 7.50. The van der Waals surface area contributed by atoms with Crippen LogP contribution in [0.2, 0.25) is 5.02 Å². The molecule has 0 aliphatic carbocycles. The molecule has 0 bridgehead atoms. The molecule has 0 spiro atoms. The van der Waals surface area contributed by atoms with Gasteiger partial charge in [0.25, 0.3) is 0 Å². The second kappa shape index (κ2) is 4.91. The van der Waals surface area contributed by atoms with Gasteiger partial charge >= 0.3 is 5.97 Å². The summed E-state index contributed by atoms with van der Waals surface area (Å²) in [5, 5.41) is 16.9. The van der Waals surface area contributed by atoms with Crippen molar-refractivity contribution in [2.24, 2.45) is 0 Å². The Balaban J connectivity index is 2.48. The first-order valence-corrected chi connectivity index (χ1v) is 6.41. The van der Waals surface area contributed by atoms with E-state index in [1.807, 2.05) is 0 Å². The number of halogens is 1. The van der Waals surface area contributed by atoms with Crippen molar-refractivity contribution in [3.8, 4) is 0 Å². The minimum Gasteiger partial charge on any atom is -0.478 e. The Bertz CT molecular complexity index is 560. The van der Waals surface area contributed by atoms with E-state index in [2.05, 4.69) is 10.2 Å². The normalized spacial score (nSPS) is 10.4. The number of hydrogen-bond donors (Lipinski definition) is 2. The van der Waals surface area contributed by atoms with Crippen molar-refractivity contribution in [3.05, 3.63) is 28.2 Å². The third kappa shape index (κ3) is 2.68. The van der Waals surface area contributed by atoms with E-state index in [1.54, 1.807) is 5.51 Å². The van der Waals surface area contributed by atoms with Crippen LogP contribution in [0.4, 0.5) is 5.69 Å². The Morgan fingerprint density at radius 2 is 2.29 bits per heavy atom. The van der Waals surface area contributed by atoms with Gasteiger partial charge in [-0.1, -0.05) is 34.7 Å². The molecular formula is C9H6ClN3O2S2. The van der Waals surface area contributed by atoms with E-state index in [9.17, 15) is 4.79 Å². The van der Waals surface area contributed by atoms with Gasteiger partial charge in [-0.3, -0.25) is 0 Å². The minimum absolute atomic E-state index is 0.0650. The smallest absolute Gasteiger partial charge is 0.336 e. The molecule has 3 N–H and O–H groups in total. The number of hydrogen-bond acceptors (Lipinski definition) is 6. The quantitative estimate of drug-likeness (QED) is 0.844. The van der Waals surface area contributed by atoms with Crippen LogP contribution in [0.5, 0.6) is 0 Å². The third-order valence-corrected chi connectivity index (χ3v) is 4.16. The van der Waals surface area contributed by atoms with Crippen LogP contribution in [0, 0.1) is 0 Å². The highest BCUT2D eigenvalue weighted by atomic mass is 35.5. The molecule has 17 heavy (non-hydrogen) atoms. The van der Waals surface area contributed by atoms with Crippen molar-refractivity contribution in [3.63, 3.8) is 0 Å². The highest BCUT2D eigenvalue weighted by Crippen LogP contribution is 2.37. The van der Waals surface area contributed by atoms with Gasteiger partial charge in [0.15, 0.2) is 4.34 Å². The van der Waals surface area contributed by atoms with E-state index in [0.29, 0.717) is 19.9 Å². The van der Waals surface area contributed by atoms with Gasteiger partial charge in [0.05, 0.1) is 10.6 Å². The Morgan fingerprint density at radius 1 is 1.53 bits per heavy atom. The number of carboxylic acids is 1. The van der Waals surface area contributed by atoms with E-state index >= 15 is 0 Å². The lowest BCUT2D eigenvalue weighted by molar-refractivity contribution is 0.0693. The summed E-state index contributed by atoms with van der Waals surface area (Å²) in [5.74, 6) is -1.08. The number of carbonyl (C=O) groups is 1. The predicted octanol–water partition coefficient (Wildman–Crippen LogP) is 2.62. The zero-order chi connectivity index (χ0) is 12.4. The second-order valence-corrected chi connectivity index (χ2v) is 5.49. The van der Waals surface area contributed by atoms with Crippen molar-refractivity contribution in [1.29, 1.82) is 0 Å². The van der Waals surface area contributed by atoms with Gasteiger partial charge in [0, 0.05) is 10.6 Å². The van der Waals surface area contributed by atoms with Crippen LogP contribution in [0.3, 0.4) is 0 Å². The molecule has 0 unspecified atom stereocenters.